The number of thiophene rings is 1. The van der Waals surface area contributed by atoms with Gasteiger partial charge in [-0.25, -0.2) is 4.39 Å². The van der Waals surface area contributed by atoms with Gasteiger partial charge < -0.3 is 10.4 Å². The van der Waals surface area contributed by atoms with Crippen LogP contribution in [0.5, 0.6) is 0 Å². The maximum atomic E-state index is 13.0. The highest BCUT2D eigenvalue weighted by Crippen LogP contribution is 2.20. The van der Waals surface area contributed by atoms with Gasteiger partial charge in [0.1, 0.15) is 5.82 Å². The summed E-state index contributed by atoms with van der Waals surface area (Å²) in [6, 6.07) is 14.9. The molecule has 2 aromatic heterocycles. The Bertz CT molecular complexity index is 860. The molecule has 0 aliphatic heterocycles. The third kappa shape index (κ3) is 3.67. The number of nitrogens with zero attached hydrogens (tertiary/aromatic N) is 1. The van der Waals surface area contributed by atoms with Gasteiger partial charge in [-0.3, -0.25) is 0 Å². The zero-order chi connectivity index (χ0) is 16.9. The summed E-state index contributed by atoms with van der Waals surface area (Å²) in [5.74, 6) is -0.497. The fraction of sp³-hybridized carbons (Fsp3) is 0. The van der Waals surface area contributed by atoms with E-state index in [4.69, 9.17) is 12.2 Å². The lowest BCUT2D eigenvalue weighted by atomic mass is 10.2. The summed E-state index contributed by atoms with van der Waals surface area (Å²) in [6.07, 6.45) is 3.53. The van der Waals surface area contributed by atoms with Crippen LogP contribution in [-0.4, -0.2) is 4.99 Å². The molecule has 1 aromatic carbocycles. The van der Waals surface area contributed by atoms with Gasteiger partial charge in [0, 0.05) is 22.7 Å². The number of hydrogen-bond donors (Lipinski definition) is 1. The topological polar surface area (TPSA) is 39.0 Å². The molecule has 0 saturated carbocycles. The summed E-state index contributed by atoms with van der Waals surface area (Å²) in [5, 5.41) is 17.7. The Labute approximate surface area is 148 Å². The average Bonchev–Trinajstić information content (AvgIpc) is 3.13. The lowest BCUT2D eigenvalue weighted by Gasteiger charge is -2.15. The second kappa shape index (κ2) is 7.33. The van der Waals surface area contributed by atoms with Gasteiger partial charge in [0.25, 0.3) is 0 Å². The third-order valence-corrected chi connectivity index (χ3v) is 4.42. The van der Waals surface area contributed by atoms with E-state index < -0.39 is 0 Å². The zero-order valence-corrected chi connectivity index (χ0v) is 14.1. The minimum atomic E-state index is -0.331. The fourth-order valence-electron chi connectivity index (χ4n) is 2.13. The number of nitrogens with one attached hydrogen (secondary N) is 1. The standard InChI is InChI=1S/C18H13FN2OS2/c19-13-6-8-14(9-7-13)20-18(23)16(21-10-2-1-3-11-21)17(22)15-5-4-12-24-15/h1-12H,(H-,20,22,23). The molecule has 120 valence electrons. The molecule has 0 aliphatic rings. The number of thiocarbonyl (C=S) groups is 1. The number of halogens is 1. The van der Waals surface area contributed by atoms with Gasteiger partial charge in [-0.05, 0) is 41.5 Å². The Morgan fingerprint density at radius 2 is 1.75 bits per heavy atom. The minimum Gasteiger partial charge on any atom is -0.867 e. The Morgan fingerprint density at radius 1 is 1.04 bits per heavy atom. The van der Waals surface area contributed by atoms with E-state index in [0.29, 0.717) is 16.3 Å². The third-order valence-electron chi connectivity index (χ3n) is 3.25. The highest BCUT2D eigenvalue weighted by molar-refractivity contribution is 7.81. The Balaban J connectivity index is 2.00. The normalized spacial score (nSPS) is 11.7. The van der Waals surface area contributed by atoms with E-state index in [1.165, 1.54) is 23.5 Å². The minimum absolute atomic E-state index is 0.166. The predicted octanol–water partition coefficient (Wildman–Crippen LogP) is 3.30. The first-order valence-corrected chi connectivity index (χ1v) is 8.43. The molecular formula is C18H13FN2OS2. The van der Waals surface area contributed by atoms with Crippen molar-refractivity contribution in [1.29, 1.82) is 0 Å². The Kier molecular flexibility index (Phi) is 4.98. The fourth-order valence-corrected chi connectivity index (χ4v) is 3.11. The summed E-state index contributed by atoms with van der Waals surface area (Å²) in [7, 11) is 0. The van der Waals surface area contributed by atoms with Crippen LogP contribution in [0.25, 0.3) is 11.5 Å². The molecule has 0 fully saturated rings. The van der Waals surface area contributed by atoms with Crippen LogP contribution in [0.2, 0.25) is 0 Å². The van der Waals surface area contributed by atoms with Gasteiger partial charge in [0.05, 0.1) is 0 Å². The van der Waals surface area contributed by atoms with Crippen molar-refractivity contribution in [3.63, 3.8) is 0 Å². The van der Waals surface area contributed by atoms with Crippen molar-refractivity contribution in [3.8, 4) is 0 Å². The molecule has 0 spiro atoms. The molecule has 3 nitrogen and oxygen atoms in total. The van der Waals surface area contributed by atoms with Crippen molar-refractivity contribution in [2.75, 3.05) is 5.32 Å². The van der Waals surface area contributed by atoms with Crippen LogP contribution in [0.4, 0.5) is 10.1 Å². The number of anilines is 1. The van der Waals surface area contributed by atoms with E-state index in [1.807, 2.05) is 29.6 Å². The molecule has 6 heteroatoms. The van der Waals surface area contributed by atoms with Crippen LogP contribution in [0, 0.1) is 5.82 Å². The summed E-state index contributed by atoms with van der Waals surface area (Å²) < 4.78 is 14.7. The highest BCUT2D eigenvalue weighted by atomic mass is 32.1. The number of rotatable bonds is 4. The van der Waals surface area contributed by atoms with Gasteiger partial charge >= 0.3 is 0 Å². The zero-order valence-electron chi connectivity index (χ0n) is 12.5. The van der Waals surface area contributed by atoms with Crippen LogP contribution in [-0.2, 0) is 0 Å². The van der Waals surface area contributed by atoms with Crippen LogP contribution >= 0.6 is 23.6 Å². The molecule has 3 rings (SSSR count). The first-order chi connectivity index (χ1) is 11.6. The van der Waals surface area contributed by atoms with E-state index >= 15 is 0 Å². The predicted molar refractivity (Wildman–Crippen MR) is 96.7 cm³/mol. The quantitative estimate of drug-likeness (QED) is 0.337. The van der Waals surface area contributed by atoms with E-state index in [9.17, 15) is 9.50 Å². The van der Waals surface area contributed by atoms with Gasteiger partial charge in [0.15, 0.2) is 17.4 Å². The maximum absolute atomic E-state index is 13.0. The maximum Gasteiger partial charge on any atom is 0.239 e. The number of aromatic nitrogens is 1. The second-order valence-corrected chi connectivity index (χ2v) is 6.25. The largest absolute Gasteiger partial charge is 0.867 e. The Hall–Kier alpha value is -2.57. The second-order valence-electron chi connectivity index (χ2n) is 4.90. The molecule has 1 N–H and O–H groups in total. The van der Waals surface area contributed by atoms with E-state index in [1.54, 1.807) is 35.2 Å². The summed E-state index contributed by atoms with van der Waals surface area (Å²) in [4.78, 5) is 0.876. The van der Waals surface area contributed by atoms with Crippen molar-refractivity contribution < 1.29 is 14.1 Å². The summed E-state index contributed by atoms with van der Waals surface area (Å²) in [5.41, 5.74) is 0.965. The lowest BCUT2D eigenvalue weighted by molar-refractivity contribution is -0.577. The summed E-state index contributed by atoms with van der Waals surface area (Å²) in [6.45, 7) is 0. The Morgan fingerprint density at radius 3 is 2.38 bits per heavy atom. The first kappa shape index (κ1) is 16.3. The number of hydrogen-bond acceptors (Lipinski definition) is 3. The van der Waals surface area contributed by atoms with E-state index in [-0.39, 0.29) is 16.6 Å². The molecule has 2 heterocycles. The molecule has 0 unspecified atom stereocenters. The molecule has 3 aromatic rings. The molecular weight excluding hydrogens is 343 g/mol. The van der Waals surface area contributed by atoms with Crippen molar-refractivity contribution in [1.82, 2.24) is 0 Å². The van der Waals surface area contributed by atoms with Gasteiger partial charge in [-0.1, -0.05) is 24.4 Å². The molecule has 0 atom stereocenters. The summed E-state index contributed by atoms with van der Waals surface area (Å²) >= 11 is 6.80. The van der Waals surface area contributed by atoms with Gasteiger partial charge in [-0.2, -0.15) is 4.57 Å². The molecule has 24 heavy (non-hydrogen) atoms. The van der Waals surface area contributed by atoms with Crippen LogP contribution in [0.3, 0.4) is 0 Å². The molecule has 0 bridgehead atoms. The lowest BCUT2D eigenvalue weighted by Crippen LogP contribution is -2.39. The SMILES string of the molecule is [O-]C(=C(C(=S)Nc1ccc(F)cc1)[n+]1ccccc1)c1cccs1. The van der Waals surface area contributed by atoms with Crippen LogP contribution in [0.1, 0.15) is 4.88 Å². The van der Waals surface area contributed by atoms with Gasteiger partial charge in [-0.15, -0.1) is 11.3 Å². The average molecular weight is 356 g/mol. The first-order valence-electron chi connectivity index (χ1n) is 7.14. The van der Waals surface area contributed by atoms with Gasteiger partial charge in [0.2, 0.25) is 5.70 Å². The smallest absolute Gasteiger partial charge is 0.239 e. The van der Waals surface area contributed by atoms with E-state index in [2.05, 4.69) is 5.32 Å². The molecule has 0 radical (unpaired) electrons. The van der Waals surface area contributed by atoms with Crippen molar-refractivity contribution >= 4 is 45.7 Å². The molecule has 0 aliphatic carbocycles. The highest BCUT2D eigenvalue weighted by Gasteiger charge is 2.18. The number of benzene rings is 1. The van der Waals surface area contributed by atoms with E-state index in [0.717, 1.165) is 0 Å². The van der Waals surface area contributed by atoms with Crippen molar-refractivity contribution in [2.45, 2.75) is 0 Å². The van der Waals surface area contributed by atoms with Crippen LogP contribution in [0.15, 0.2) is 72.4 Å². The van der Waals surface area contributed by atoms with Crippen LogP contribution < -0.4 is 15.0 Å². The molecule has 0 amide bonds. The molecule has 0 saturated heterocycles. The van der Waals surface area contributed by atoms with Crippen molar-refractivity contribution in [2.24, 2.45) is 0 Å². The number of pyridine rings is 1. The monoisotopic (exact) mass is 356 g/mol. The van der Waals surface area contributed by atoms with Crippen molar-refractivity contribution in [3.05, 3.63) is 83.1 Å².